The van der Waals surface area contributed by atoms with E-state index in [2.05, 4.69) is 29.7 Å². The van der Waals surface area contributed by atoms with E-state index in [1.54, 1.807) is 20.8 Å². The summed E-state index contributed by atoms with van der Waals surface area (Å²) in [4.78, 5) is 38.5. The molecule has 2 amide bonds. The van der Waals surface area contributed by atoms with E-state index in [0.717, 1.165) is 41.5 Å². The van der Waals surface area contributed by atoms with Crippen LogP contribution in [-0.4, -0.2) is 42.8 Å². The number of carbonyl (C=O) groups is 3. The fraction of sp³-hybridized carbons (Fsp3) is 0.571. The summed E-state index contributed by atoms with van der Waals surface area (Å²) in [6.45, 7) is 8.15. The summed E-state index contributed by atoms with van der Waals surface area (Å²) in [6, 6.07) is 15.1. The summed E-state index contributed by atoms with van der Waals surface area (Å²) in [7, 11) is 0. The summed E-state index contributed by atoms with van der Waals surface area (Å²) < 4.78 is 11.1. The maximum atomic E-state index is 13.0. The van der Waals surface area contributed by atoms with Crippen LogP contribution in [0.4, 0.5) is 4.79 Å². The minimum absolute atomic E-state index is 0.0994. The highest BCUT2D eigenvalue weighted by atomic mass is 16.6. The van der Waals surface area contributed by atoms with Gasteiger partial charge in [0.1, 0.15) is 18.2 Å². The highest BCUT2D eigenvalue weighted by Gasteiger charge is 2.31. The van der Waals surface area contributed by atoms with E-state index in [1.807, 2.05) is 36.4 Å². The number of esters is 1. The van der Waals surface area contributed by atoms with E-state index in [0.29, 0.717) is 6.54 Å². The quantitative estimate of drug-likeness (QED) is 0.148. The fourth-order valence-corrected chi connectivity index (χ4v) is 5.49. The van der Waals surface area contributed by atoms with Crippen molar-refractivity contribution in [3.63, 3.8) is 0 Å². The molecule has 7 nitrogen and oxygen atoms in total. The molecule has 7 heteroatoms. The van der Waals surface area contributed by atoms with Crippen molar-refractivity contribution in [2.45, 2.75) is 116 Å². The van der Waals surface area contributed by atoms with E-state index in [1.165, 1.54) is 44.9 Å². The van der Waals surface area contributed by atoms with Crippen LogP contribution in [0.1, 0.15) is 115 Å². The van der Waals surface area contributed by atoms with Gasteiger partial charge in [0.05, 0.1) is 6.42 Å². The van der Waals surface area contributed by atoms with Gasteiger partial charge in [-0.05, 0) is 49.4 Å². The zero-order valence-corrected chi connectivity index (χ0v) is 26.0. The van der Waals surface area contributed by atoms with Gasteiger partial charge in [-0.3, -0.25) is 9.59 Å². The number of nitrogens with one attached hydrogen (secondary N) is 2. The van der Waals surface area contributed by atoms with Crippen LogP contribution in [0.2, 0.25) is 0 Å². The molecule has 3 rings (SSSR count). The van der Waals surface area contributed by atoms with Crippen molar-refractivity contribution in [3.05, 3.63) is 59.7 Å². The molecule has 0 heterocycles. The average molecular weight is 579 g/mol. The summed E-state index contributed by atoms with van der Waals surface area (Å²) in [6.07, 6.45) is 11.0. The van der Waals surface area contributed by atoms with Gasteiger partial charge < -0.3 is 20.1 Å². The molecule has 2 aromatic carbocycles. The summed E-state index contributed by atoms with van der Waals surface area (Å²) in [5.41, 5.74) is 3.78. The van der Waals surface area contributed by atoms with Crippen molar-refractivity contribution in [3.8, 4) is 11.1 Å². The monoisotopic (exact) mass is 578 g/mol. The lowest BCUT2D eigenvalue weighted by Crippen LogP contribution is -2.49. The van der Waals surface area contributed by atoms with Gasteiger partial charge in [-0.25, -0.2) is 4.79 Å². The standard InChI is InChI=1S/C35H50N2O5/c1-5-6-7-8-9-10-11-12-13-18-23-36-33(39)31(24-32(38)42-35(2,3)4)37-34(40)41-25-30-28-21-16-14-19-26(28)27-20-15-17-22-29(27)30/h14-17,19-22,30-31H,5-13,18,23-25H2,1-4H3,(H,36,39)(H,37,40)/t31-/m1/s1. The predicted octanol–water partition coefficient (Wildman–Crippen LogP) is 7.66. The number of carbonyl (C=O) groups excluding carboxylic acids is 3. The summed E-state index contributed by atoms with van der Waals surface area (Å²) in [5.74, 6) is -1.07. The smallest absolute Gasteiger partial charge is 0.407 e. The number of benzene rings is 2. The first-order chi connectivity index (χ1) is 20.2. The number of hydrogen-bond acceptors (Lipinski definition) is 5. The van der Waals surface area contributed by atoms with Crippen molar-refractivity contribution in [2.75, 3.05) is 13.2 Å². The Bertz CT molecular complexity index is 1110. The normalized spacial score (nSPS) is 13.1. The van der Waals surface area contributed by atoms with E-state index in [4.69, 9.17) is 9.47 Å². The first-order valence-electron chi connectivity index (χ1n) is 15.8. The van der Waals surface area contributed by atoms with Crippen molar-refractivity contribution in [1.82, 2.24) is 10.6 Å². The van der Waals surface area contributed by atoms with E-state index >= 15 is 0 Å². The molecular formula is C35H50N2O5. The highest BCUT2D eigenvalue weighted by molar-refractivity contribution is 5.89. The molecule has 1 atom stereocenters. The van der Waals surface area contributed by atoms with Gasteiger partial charge in [0.15, 0.2) is 0 Å². The first-order valence-corrected chi connectivity index (χ1v) is 15.8. The molecule has 42 heavy (non-hydrogen) atoms. The lowest BCUT2D eigenvalue weighted by Gasteiger charge is -2.23. The molecule has 0 saturated carbocycles. The minimum Gasteiger partial charge on any atom is -0.460 e. The lowest BCUT2D eigenvalue weighted by molar-refractivity contribution is -0.156. The van der Waals surface area contributed by atoms with Crippen molar-refractivity contribution < 1.29 is 23.9 Å². The van der Waals surface area contributed by atoms with E-state index in [-0.39, 0.29) is 18.9 Å². The number of unbranched alkanes of at least 4 members (excludes halogenated alkanes) is 9. The van der Waals surface area contributed by atoms with Crippen LogP contribution in [0.15, 0.2) is 48.5 Å². The molecule has 0 fully saturated rings. The molecule has 1 aliphatic rings. The number of rotatable bonds is 17. The lowest BCUT2D eigenvalue weighted by atomic mass is 9.98. The first kappa shape index (κ1) is 33.2. The second kappa shape index (κ2) is 16.9. The third-order valence-corrected chi connectivity index (χ3v) is 7.57. The number of hydrogen-bond donors (Lipinski definition) is 2. The molecule has 0 aliphatic heterocycles. The van der Waals surface area contributed by atoms with Crippen LogP contribution in [0.5, 0.6) is 0 Å². The molecule has 0 bridgehead atoms. The SMILES string of the molecule is CCCCCCCCCCCCNC(=O)[C@@H](CC(=O)OC(C)(C)C)NC(=O)OCC1c2ccccc2-c2ccccc21. The van der Waals surface area contributed by atoms with Crippen LogP contribution in [0.25, 0.3) is 11.1 Å². The third kappa shape index (κ3) is 10.8. The average Bonchev–Trinajstić information content (AvgIpc) is 3.27. The minimum atomic E-state index is -1.08. The molecule has 1 aliphatic carbocycles. The zero-order valence-electron chi connectivity index (χ0n) is 26.0. The maximum absolute atomic E-state index is 13.0. The van der Waals surface area contributed by atoms with Gasteiger partial charge >= 0.3 is 12.1 Å². The molecule has 0 saturated heterocycles. The van der Waals surface area contributed by atoms with Gasteiger partial charge in [-0.2, -0.15) is 0 Å². The van der Waals surface area contributed by atoms with Crippen LogP contribution in [-0.2, 0) is 19.1 Å². The molecular weight excluding hydrogens is 528 g/mol. The maximum Gasteiger partial charge on any atom is 0.407 e. The Morgan fingerprint density at radius 1 is 0.786 bits per heavy atom. The third-order valence-electron chi connectivity index (χ3n) is 7.57. The number of ether oxygens (including phenoxy) is 2. The molecule has 230 valence electrons. The molecule has 0 spiro atoms. The number of alkyl carbamates (subject to hydrolysis) is 1. The van der Waals surface area contributed by atoms with Gasteiger partial charge in [-0.15, -0.1) is 0 Å². The molecule has 2 aromatic rings. The molecule has 0 unspecified atom stereocenters. The van der Waals surface area contributed by atoms with Crippen LogP contribution >= 0.6 is 0 Å². The molecule has 0 radical (unpaired) electrons. The van der Waals surface area contributed by atoms with Crippen LogP contribution < -0.4 is 10.6 Å². The van der Waals surface area contributed by atoms with E-state index in [9.17, 15) is 14.4 Å². The Balaban J connectivity index is 1.49. The van der Waals surface area contributed by atoms with Crippen molar-refractivity contribution in [2.24, 2.45) is 0 Å². The second-order valence-corrected chi connectivity index (χ2v) is 12.3. The van der Waals surface area contributed by atoms with E-state index < -0.39 is 29.6 Å². The number of amides is 2. The zero-order chi connectivity index (χ0) is 30.4. The topological polar surface area (TPSA) is 93.7 Å². The Kier molecular flexibility index (Phi) is 13.4. The van der Waals surface area contributed by atoms with Gasteiger partial charge in [-0.1, -0.05) is 113 Å². The van der Waals surface area contributed by atoms with Gasteiger partial charge in [0, 0.05) is 12.5 Å². The van der Waals surface area contributed by atoms with Crippen molar-refractivity contribution >= 4 is 18.0 Å². The molecule has 0 aromatic heterocycles. The van der Waals surface area contributed by atoms with Gasteiger partial charge in [0.2, 0.25) is 5.91 Å². The Morgan fingerprint density at radius 3 is 1.86 bits per heavy atom. The fourth-order valence-electron chi connectivity index (χ4n) is 5.49. The largest absolute Gasteiger partial charge is 0.460 e. The van der Waals surface area contributed by atoms with Crippen molar-refractivity contribution in [1.29, 1.82) is 0 Å². The summed E-state index contributed by atoms with van der Waals surface area (Å²) in [5, 5.41) is 5.51. The van der Waals surface area contributed by atoms with Crippen LogP contribution in [0, 0.1) is 0 Å². The Labute approximate surface area is 252 Å². The van der Waals surface area contributed by atoms with Gasteiger partial charge in [0.25, 0.3) is 0 Å². The Hall–Kier alpha value is -3.35. The molecule has 2 N–H and O–H groups in total. The second-order valence-electron chi connectivity index (χ2n) is 12.3. The predicted molar refractivity (Wildman–Crippen MR) is 167 cm³/mol. The number of fused-ring (bicyclic) bond motifs is 3. The summed E-state index contributed by atoms with van der Waals surface area (Å²) >= 11 is 0. The highest BCUT2D eigenvalue weighted by Crippen LogP contribution is 2.44. The van der Waals surface area contributed by atoms with Crippen LogP contribution in [0.3, 0.4) is 0 Å². The Morgan fingerprint density at radius 2 is 1.31 bits per heavy atom.